The van der Waals surface area contributed by atoms with Crippen LogP contribution in [-0.2, 0) is 0 Å². The average molecular weight is 322 g/mol. The molecule has 0 aliphatic heterocycles. The lowest BCUT2D eigenvalue weighted by molar-refractivity contribution is 0.337. The second-order valence-electron chi connectivity index (χ2n) is 5.04. The second kappa shape index (κ2) is 5.28. The molecule has 0 saturated heterocycles. The van der Waals surface area contributed by atoms with E-state index < -0.39 is 0 Å². The Labute approximate surface area is 120 Å². The van der Waals surface area contributed by atoms with Crippen molar-refractivity contribution >= 4 is 21.9 Å². The van der Waals surface area contributed by atoms with Crippen molar-refractivity contribution in [1.29, 1.82) is 0 Å². The van der Waals surface area contributed by atoms with E-state index in [1.54, 1.807) is 4.68 Å². The molecule has 0 atom stereocenters. The summed E-state index contributed by atoms with van der Waals surface area (Å²) in [6, 6.07) is 9.98. The van der Waals surface area contributed by atoms with E-state index in [-0.39, 0.29) is 0 Å². The van der Waals surface area contributed by atoms with Gasteiger partial charge in [0, 0.05) is 18.4 Å². The number of para-hydroxylation sites is 1. The summed E-state index contributed by atoms with van der Waals surface area (Å²) in [5.74, 6) is 1.53. The molecule has 1 aliphatic rings. The van der Waals surface area contributed by atoms with E-state index in [2.05, 4.69) is 36.4 Å². The molecule has 6 heteroatoms. The Morgan fingerprint density at radius 1 is 1.32 bits per heavy atom. The van der Waals surface area contributed by atoms with Crippen LogP contribution in [0.5, 0.6) is 0 Å². The third kappa shape index (κ3) is 2.63. The molecule has 0 spiro atoms. The quantitative estimate of drug-likeness (QED) is 0.810. The van der Waals surface area contributed by atoms with Crippen LogP contribution in [0, 0.1) is 5.92 Å². The predicted molar refractivity (Wildman–Crippen MR) is 77.9 cm³/mol. The molecule has 100 valence electrons. The third-order valence-corrected chi connectivity index (χ3v) is 4.25. The molecule has 5 nitrogen and oxygen atoms in total. The van der Waals surface area contributed by atoms with Gasteiger partial charge in [-0.15, -0.1) is 0 Å². The number of benzene rings is 1. The molecule has 3 rings (SSSR count). The first-order valence-electron chi connectivity index (χ1n) is 6.43. The number of alkyl halides is 1. The summed E-state index contributed by atoms with van der Waals surface area (Å²) >= 11 is 3.63. The molecule has 0 N–H and O–H groups in total. The zero-order valence-electron chi connectivity index (χ0n) is 10.8. The van der Waals surface area contributed by atoms with Gasteiger partial charge >= 0.3 is 0 Å². The minimum Gasteiger partial charge on any atom is -0.342 e. The van der Waals surface area contributed by atoms with E-state index >= 15 is 0 Å². The molecular formula is C13H16BrN5. The van der Waals surface area contributed by atoms with Crippen LogP contribution < -0.4 is 4.90 Å². The van der Waals surface area contributed by atoms with Crippen LogP contribution in [0.25, 0.3) is 5.69 Å². The van der Waals surface area contributed by atoms with Gasteiger partial charge < -0.3 is 4.90 Å². The first-order valence-corrected chi connectivity index (χ1v) is 7.34. The zero-order valence-corrected chi connectivity index (χ0v) is 12.4. The number of hydrogen-bond donors (Lipinski definition) is 0. The van der Waals surface area contributed by atoms with E-state index in [1.165, 1.54) is 12.8 Å². The van der Waals surface area contributed by atoms with Crippen LogP contribution in [0.1, 0.15) is 12.8 Å². The van der Waals surface area contributed by atoms with E-state index in [1.807, 2.05) is 37.4 Å². The van der Waals surface area contributed by atoms with Crippen LogP contribution in [0.15, 0.2) is 30.3 Å². The highest BCUT2D eigenvalue weighted by Gasteiger charge is 2.28. The lowest BCUT2D eigenvalue weighted by atomic mass is 9.85. The fraction of sp³-hybridized carbons (Fsp3) is 0.462. The van der Waals surface area contributed by atoms with Crippen molar-refractivity contribution in [2.45, 2.75) is 17.7 Å². The Bertz CT molecular complexity index is 535. The molecule has 1 aromatic carbocycles. The van der Waals surface area contributed by atoms with Gasteiger partial charge in [-0.2, -0.15) is 4.68 Å². The van der Waals surface area contributed by atoms with Crippen molar-refractivity contribution in [1.82, 2.24) is 20.2 Å². The molecule has 0 radical (unpaired) electrons. The van der Waals surface area contributed by atoms with Crippen LogP contribution in [-0.4, -0.2) is 38.6 Å². The first kappa shape index (κ1) is 12.6. The molecule has 0 bridgehead atoms. The Kier molecular flexibility index (Phi) is 3.50. The van der Waals surface area contributed by atoms with Crippen molar-refractivity contribution in [3.63, 3.8) is 0 Å². The van der Waals surface area contributed by atoms with Gasteiger partial charge in [0.05, 0.1) is 5.69 Å². The summed E-state index contributed by atoms with van der Waals surface area (Å²) in [7, 11) is 2.05. The van der Waals surface area contributed by atoms with Crippen LogP contribution in [0.3, 0.4) is 0 Å². The third-order valence-electron chi connectivity index (χ3n) is 3.51. The van der Waals surface area contributed by atoms with E-state index in [0.717, 1.165) is 24.1 Å². The minimum absolute atomic E-state index is 0.691. The smallest absolute Gasteiger partial charge is 0.250 e. The fourth-order valence-electron chi connectivity index (χ4n) is 2.43. The Morgan fingerprint density at radius 2 is 2.05 bits per heavy atom. The number of anilines is 1. The molecular weight excluding hydrogens is 306 g/mol. The number of aromatic nitrogens is 4. The van der Waals surface area contributed by atoms with Crippen molar-refractivity contribution in [2.75, 3.05) is 18.5 Å². The molecule has 0 amide bonds. The van der Waals surface area contributed by atoms with Gasteiger partial charge in [0.25, 0.3) is 0 Å². The monoisotopic (exact) mass is 321 g/mol. The minimum atomic E-state index is 0.691. The van der Waals surface area contributed by atoms with Gasteiger partial charge in [0.2, 0.25) is 5.95 Å². The molecule has 1 aliphatic carbocycles. The fourth-order valence-corrected chi connectivity index (χ4v) is 3.49. The Morgan fingerprint density at radius 3 is 2.74 bits per heavy atom. The van der Waals surface area contributed by atoms with Gasteiger partial charge in [-0.25, -0.2) is 0 Å². The number of hydrogen-bond acceptors (Lipinski definition) is 4. The van der Waals surface area contributed by atoms with Gasteiger partial charge in [-0.3, -0.25) is 0 Å². The van der Waals surface area contributed by atoms with Crippen LogP contribution in [0.4, 0.5) is 5.95 Å². The summed E-state index contributed by atoms with van der Waals surface area (Å²) < 4.78 is 1.78. The van der Waals surface area contributed by atoms with Gasteiger partial charge in [0.1, 0.15) is 0 Å². The molecule has 2 aromatic rings. The second-order valence-corrected chi connectivity index (χ2v) is 6.34. The van der Waals surface area contributed by atoms with Gasteiger partial charge in [-0.1, -0.05) is 39.2 Å². The zero-order chi connectivity index (χ0) is 13.2. The predicted octanol–water partition coefficient (Wildman–Crippen LogP) is 2.27. The summed E-state index contributed by atoms with van der Waals surface area (Å²) in [6.45, 7) is 0.995. The maximum atomic E-state index is 4.14. The lowest BCUT2D eigenvalue weighted by Crippen LogP contribution is -2.35. The van der Waals surface area contributed by atoms with Gasteiger partial charge in [0.15, 0.2) is 0 Å². The van der Waals surface area contributed by atoms with Crippen molar-refractivity contribution in [2.24, 2.45) is 5.92 Å². The van der Waals surface area contributed by atoms with Gasteiger partial charge in [-0.05, 0) is 41.3 Å². The van der Waals surface area contributed by atoms with E-state index in [4.69, 9.17) is 0 Å². The largest absolute Gasteiger partial charge is 0.342 e. The van der Waals surface area contributed by atoms with Crippen molar-refractivity contribution in [3.05, 3.63) is 30.3 Å². The van der Waals surface area contributed by atoms with Crippen LogP contribution >= 0.6 is 15.9 Å². The lowest BCUT2D eigenvalue weighted by Gasteiger charge is -2.34. The maximum absolute atomic E-state index is 4.14. The molecule has 1 saturated carbocycles. The summed E-state index contributed by atoms with van der Waals surface area (Å²) in [5, 5.41) is 12.0. The normalized spacial score (nSPS) is 22.0. The topological polar surface area (TPSA) is 46.8 Å². The van der Waals surface area contributed by atoms with E-state index in [9.17, 15) is 0 Å². The van der Waals surface area contributed by atoms with Crippen LogP contribution in [0.2, 0.25) is 0 Å². The first-order chi connectivity index (χ1) is 9.24. The molecule has 1 heterocycles. The maximum Gasteiger partial charge on any atom is 0.250 e. The highest BCUT2D eigenvalue weighted by molar-refractivity contribution is 9.09. The SMILES string of the molecule is CN(CC1CC(Br)C1)c1nnnn1-c1ccccc1. The number of nitrogens with zero attached hydrogens (tertiary/aromatic N) is 5. The molecule has 0 unspecified atom stereocenters. The Hall–Kier alpha value is -1.43. The Balaban J connectivity index is 1.76. The highest BCUT2D eigenvalue weighted by atomic mass is 79.9. The molecule has 1 fully saturated rings. The van der Waals surface area contributed by atoms with E-state index in [0.29, 0.717) is 4.83 Å². The molecule has 1 aromatic heterocycles. The summed E-state index contributed by atoms with van der Waals surface area (Å²) in [5.41, 5.74) is 0.987. The standard InChI is InChI=1S/C13H16BrN5/c1-18(9-10-7-11(14)8-10)13-15-16-17-19(13)12-5-3-2-4-6-12/h2-6,10-11H,7-9H2,1H3. The molecule has 19 heavy (non-hydrogen) atoms. The number of tetrazole rings is 1. The number of rotatable bonds is 4. The van der Waals surface area contributed by atoms with Crippen molar-refractivity contribution in [3.8, 4) is 5.69 Å². The van der Waals surface area contributed by atoms with Crippen molar-refractivity contribution < 1.29 is 0 Å². The average Bonchev–Trinajstić information content (AvgIpc) is 2.87. The summed E-state index contributed by atoms with van der Waals surface area (Å²) in [6.07, 6.45) is 2.47. The number of halogens is 1. The summed E-state index contributed by atoms with van der Waals surface area (Å²) in [4.78, 5) is 2.83. The highest BCUT2D eigenvalue weighted by Crippen LogP contribution is 2.34.